The van der Waals surface area contributed by atoms with Crippen LogP contribution in [0.2, 0.25) is 0 Å². The third-order valence-corrected chi connectivity index (χ3v) is 5.45. The van der Waals surface area contributed by atoms with Crippen molar-refractivity contribution in [1.29, 1.82) is 0 Å². The number of anilines is 2. The summed E-state index contributed by atoms with van der Waals surface area (Å²) >= 11 is 1.64. The molecule has 0 bridgehead atoms. The Morgan fingerprint density at radius 3 is 2.92 bits per heavy atom. The molecular weight excluding hydrogens is 336 g/mol. The first-order valence-electron chi connectivity index (χ1n) is 8.34. The van der Waals surface area contributed by atoms with Crippen molar-refractivity contribution < 1.29 is 4.74 Å². The summed E-state index contributed by atoms with van der Waals surface area (Å²) in [6, 6.07) is 4.18. The fourth-order valence-corrected chi connectivity index (χ4v) is 4.10. The maximum absolute atomic E-state index is 5.95. The van der Waals surface area contributed by atoms with E-state index in [1.165, 1.54) is 0 Å². The van der Waals surface area contributed by atoms with Crippen LogP contribution in [0.1, 0.15) is 12.6 Å². The lowest BCUT2D eigenvalue weighted by molar-refractivity contribution is 0.122. The van der Waals surface area contributed by atoms with Gasteiger partial charge in [0.1, 0.15) is 16.6 Å². The van der Waals surface area contributed by atoms with Crippen LogP contribution in [0, 0.1) is 0 Å². The van der Waals surface area contributed by atoms with Crippen LogP contribution in [-0.2, 0) is 11.2 Å². The summed E-state index contributed by atoms with van der Waals surface area (Å²) < 4.78 is 5.43. The number of nitrogens with zero attached hydrogens (tertiary/aromatic N) is 4. The van der Waals surface area contributed by atoms with Crippen molar-refractivity contribution in [3.05, 3.63) is 30.2 Å². The fraction of sp³-hybridized carbons (Fsp3) is 0.353. The number of nitrogen functional groups attached to an aromatic ring is 1. The van der Waals surface area contributed by atoms with Gasteiger partial charge in [-0.2, -0.15) is 5.10 Å². The van der Waals surface area contributed by atoms with Gasteiger partial charge < -0.3 is 15.4 Å². The van der Waals surface area contributed by atoms with E-state index in [1.54, 1.807) is 17.5 Å². The number of nitrogens with two attached hydrogens (primary N) is 1. The number of H-pyrrole nitrogens is 1. The second kappa shape index (κ2) is 6.81. The van der Waals surface area contributed by atoms with Crippen molar-refractivity contribution in [1.82, 2.24) is 20.2 Å². The molecule has 130 valence electrons. The zero-order valence-electron chi connectivity index (χ0n) is 14.0. The molecule has 3 aromatic rings. The van der Waals surface area contributed by atoms with Crippen molar-refractivity contribution in [2.45, 2.75) is 13.3 Å². The van der Waals surface area contributed by atoms with E-state index < -0.39 is 0 Å². The monoisotopic (exact) mass is 356 g/mol. The minimum absolute atomic E-state index is 0.548. The first kappa shape index (κ1) is 16.0. The number of pyridine rings is 1. The Hall–Kier alpha value is -2.45. The van der Waals surface area contributed by atoms with Crippen LogP contribution in [0.5, 0.6) is 0 Å². The van der Waals surface area contributed by atoms with E-state index >= 15 is 0 Å². The second-order valence-corrected chi connectivity index (χ2v) is 6.85. The number of aromatic amines is 1. The Morgan fingerprint density at radius 1 is 1.36 bits per heavy atom. The number of thiazole rings is 1. The van der Waals surface area contributed by atoms with Gasteiger partial charge in [-0.3, -0.25) is 5.10 Å². The summed E-state index contributed by atoms with van der Waals surface area (Å²) in [6.45, 7) is 5.35. The molecule has 0 spiro atoms. The molecule has 0 radical (unpaired) electrons. The van der Waals surface area contributed by atoms with E-state index in [4.69, 9.17) is 15.5 Å². The number of ether oxygens (including phenoxy) is 1. The minimum atomic E-state index is 0.548. The first-order chi connectivity index (χ1) is 12.3. The highest BCUT2D eigenvalue weighted by Gasteiger charge is 2.18. The largest absolute Gasteiger partial charge is 0.383 e. The van der Waals surface area contributed by atoms with Gasteiger partial charge in [0.15, 0.2) is 0 Å². The van der Waals surface area contributed by atoms with Crippen LogP contribution < -0.4 is 10.6 Å². The molecule has 3 N–H and O–H groups in total. The maximum atomic E-state index is 5.95. The molecule has 0 atom stereocenters. The Morgan fingerprint density at radius 2 is 2.20 bits per heavy atom. The quantitative estimate of drug-likeness (QED) is 0.746. The Balaban J connectivity index is 1.72. The van der Waals surface area contributed by atoms with Gasteiger partial charge in [0.05, 0.1) is 35.5 Å². The number of hydrogen-bond donors (Lipinski definition) is 2. The number of hydrogen-bond acceptors (Lipinski definition) is 7. The molecule has 0 aromatic carbocycles. The van der Waals surface area contributed by atoms with Gasteiger partial charge in [-0.15, -0.1) is 11.3 Å². The molecule has 1 aliphatic heterocycles. The number of morpholine rings is 1. The van der Waals surface area contributed by atoms with Crippen molar-refractivity contribution in [3.63, 3.8) is 0 Å². The van der Waals surface area contributed by atoms with Crippen LogP contribution in [0.3, 0.4) is 0 Å². The van der Waals surface area contributed by atoms with Crippen LogP contribution in [0.25, 0.3) is 21.0 Å². The van der Waals surface area contributed by atoms with Crippen LogP contribution in [-0.4, -0.2) is 46.5 Å². The summed E-state index contributed by atoms with van der Waals surface area (Å²) in [5.74, 6) is 1.53. The van der Waals surface area contributed by atoms with E-state index in [2.05, 4.69) is 33.1 Å². The Kier molecular flexibility index (Phi) is 4.37. The number of rotatable bonds is 4. The normalized spacial score (nSPS) is 14.8. The van der Waals surface area contributed by atoms with Gasteiger partial charge in [0.2, 0.25) is 0 Å². The molecule has 4 heterocycles. The second-order valence-electron chi connectivity index (χ2n) is 5.85. The van der Waals surface area contributed by atoms with Crippen molar-refractivity contribution >= 4 is 23.0 Å². The fourth-order valence-electron chi connectivity index (χ4n) is 2.92. The molecule has 0 saturated carbocycles. The molecule has 8 heteroatoms. The molecule has 0 aliphatic carbocycles. The smallest absolute Gasteiger partial charge is 0.129 e. The van der Waals surface area contributed by atoms with Crippen LogP contribution >= 0.6 is 11.3 Å². The van der Waals surface area contributed by atoms with E-state index in [-0.39, 0.29) is 0 Å². The van der Waals surface area contributed by atoms with Crippen molar-refractivity contribution in [2.75, 3.05) is 36.9 Å². The molecule has 1 aliphatic rings. The van der Waals surface area contributed by atoms with Crippen molar-refractivity contribution in [2.24, 2.45) is 0 Å². The number of aryl methyl sites for hydroxylation is 1. The number of nitrogens with one attached hydrogen (secondary N) is 1. The zero-order valence-corrected chi connectivity index (χ0v) is 14.8. The van der Waals surface area contributed by atoms with Crippen LogP contribution in [0.4, 0.5) is 11.6 Å². The SMILES string of the molecule is CCc1nc(-c2cn[nH]c2N)sc1-c1ccnc(N2CCOCC2)c1. The van der Waals surface area contributed by atoms with Gasteiger partial charge in [-0.05, 0) is 24.1 Å². The summed E-state index contributed by atoms with van der Waals surface area (Å²) in [5, 5.41) is 7.66. The van der Waals surface area contributed by atoms with Crippen LogP contribution in [0.15, 0.2) is 24.5 Å². The highest BCUT2D eigenvalue weighted by Crippen LogP contribution is 2.37. The third-order valence-electron chi connectivity index (χ3n) is 4.27. The molecule has 0 unspecified atom stereocenters. The lowest BCUT2D eigenvalue weighted by Gasteiger charge is -2.28. The molecule has 7 nitrogen and oxygen atoms in total. The van der Waals surface area contributed by atoms with E-state index in [0.29, 0.717) is 5.82 Å². The highest BCUT2D eigenvalue weighted by molar-refractivity contribution is 7.18. The molecule has 4 rings (SSSR count). The average molecular weight is 356 g/mol. The Bertz CT molecular complexity index is 868. The maximum Gasteiger partial charge on any atom is 0.129 e. The molecule has 1 saturated heterocycles. The summed E-state index contributed by atoms with van der Waals surface area (Å²) in [5.41, 5.74) is 9.02. The lowest BCUT2D eigenvalue weighted by Crippen LogP contribution is -2.36. The van der Waals surface area contributed by atoms with Gasteiger partial charge in [0, 0.05) is 19.3 Å². The molecule has 25 heavy (non-hydrogen) atoms. The highest BCUT2D eigenvalue weighted by atomic mass is 32.1. The molecule has 3 aromatic heterocycles. The third kappa shape index (κ3) is 3.10. The van der Waals surface area contributed by atoms with Gasteiger partial charge >= 0.3 is 0 Å². The summed E-state index contributed by atoms with van der Waals surface area (Å²) in [4.78, 5) is 12.7. The van der Waals surface area contributed by atoms with E-state index in [0.717, 1.165) is 65.2 Å². The molecule has 0 amide bonds. The van der Waals surface area contributed by atoms with Gasteiger partial charge in [0.25, 0.3) is 0 Å². The van der Waals surface area contributed by atoms with E-state index in [9.17, 15) is 0 Å². The minimum Gasteiger partial charge on any atom is -0.383 e. The van der Waals surface area contributed by atoms with Gasteiger partial charge in [-0.25, -0.2) is 9.97 Å². The topological polar surface area (TPSA) is 93.0 Å². The predicted octanol–water partition coefficient (Wildman–Crippen LogP) is 2.58. The average Bonchev–Trinajstić information content (AvgIpc) is 3.28. The zero-order chi connectivity index (χ0) is 17.2. The van der Waals surface area contributed by atoms with Crippen molar-refractivity contribution in [3.8, 4) is 21.0 Å². The summed E-state index contributed by atoms with van der Waals surface area (Å²) in [6.07, 6.45) is 4.45. The van der Waals surface area contributed by atoms with Gasteiger partial charge in [-0.1, -0.05) is 6.92 Å². The molecular formula is C17H20N6OS. The lowest BCUT2D eigenvalue weighted by atomic mass is 10.1. The Labute approximate surface area is 149 Å². The predicted molar refractivity (Wildman–Crippen MR) is 99.7 cm³/mol. The standard InChI is InChI=1S/C17H20N6OS/c1-2-13-15(25-17(21-13)12-10-20-22-16(12)18)11-3-4-19-14(9-11)23-5-7-24-8-6-23/h3-4,9-10H,2,5-8H2,1H3,(H3,18,20,22). The van der Waals surface area contributed by atoms with E-state index in [1.807, 2.05) is 12.3 Å². The summed E-state index contributed by atoms with van der Waals surface area (Å²) in [7, 11) is 0. The first-order valence-corrected chi connectivity index (χ1v) is 9.16. The number of aromatic nitrogens is 4. The molecule has 1 fully saturated rings.